The first-order chi connectivity index (χ1) is 15.9. The highest BCUT2D eigenvalue weighted by Gasteiger charge is 2.40. The lowest BCUT2D eigenvalue weighted by molar-refractivity contribution is -0.130. The number of rotatable bonds is 10. The molecule has 0 aromatic heterocycles. The summed E-state index contributed by atoms with van der Waals surface area (Å²) in [7, 11) is -3.44. The van der Waals surface area contributed by atoms with Crippen LogP contribution in [-0.2, 0) is 27.8 Å². The van der Waals surface area contributed by atoms with Crippen LogP contribution in [0.3, 0.4) is 0 Å². The van der Waals surface area contributed by atoms with Crippen LogP contribution in [0.4, 0.5) is 0 Å². The van der Waals surface area contributed by atoms with Crippen LogP contribution in [0.5, 0.6) is 0 Å². The fourth-order valence-electron chi connectivity index (χ4n) is 3.20. The lowest BCUT2D eigenvalue weighted by Crippen LogP contribution is -2.31. The third-order valence-corrected chi connectivity index (χ3v) is 6.45. The maximum Gasteiger partial charge on any atom is 0.353 e. The van der Waals surface area contributed by atoms with Gasteiger partial charge in [0.25, 0.3) is 0 Å². The van der Waals surface area contributed by atoms with Gasteiger partial charge in [0.15, 0.2) is 6.10 Å². The van der Waals surface area contributed by atoms with Gasteiger partial charge in [0.2, 0.25) is 6.29 Å². The molecule has 0 bridgehead atoms. The topological polar surface area (TPSA) is 97.4 Å². The summed E-state index contributed by atoms with van der Waals surface area (Å²) in [5.74, 6) is 0.145. The lowest BCUT2D eigenvalue weighted by Gasteiger charge is -2.19. The molecule has 1 saturated heterocycles. The molecule has 1 aliphatic heterocycles. The van der Waals surface area contributed by atoms with E-state index in [1.165, 1.54) is 11.9 Å². The Bertz CT molecular complexity index is 921. The smallest absolute Gasteiger partial charge is 0.353 e. The second-order valence-electron chi connectivity index (χ2n) is 7.08. The van der Waals surface area contributed by atoms with Crippen LogP contribution in [0, 0.1) is 0 Å². The zero-order valence-electron chi connectivity index (χ0n) is 18.5. The second kappa shape index (κ2) is 11.9. The van der Waals surface area contributed by atoms with Crippen LogP contribution >= 0.6 is 7.60 Å². The molecular formula is C24H27O8P. The van der Waals surface area contributed by atoms with Crippen LogP contribution in [0.15, 0.2) is 72.6 Å². The third-order valence-electron chi connectivity index (χ3n) is 4.68. The van der Waals surface area contributed by atoms with Gasteiger partial charge in [0.1, 0.15) is 0 Å². The van der Waals surface area contributed by atoms with Crippen molar-refractivity contribution in [3.63, 3.8) is 0 Å². The minimum atomic E-state index is -3.44. The van der Waals surface area contributed by atoms with Crippen molar-refractivity contribution < 1.29 is 37.4 Å². The monoisotopic (exact) mass is 474 g/mol. The number of carbonyl (C=O) groups is 2. The predicted octanol–water partition coefficient (Wildman–Crippen LogP) is 4.96. The van der Waals surface area contributed by atoms with Gasteiger partial charge in [-0.25, -0.2) is 9.59 Å². The molecule has 0 spiro atoms. The van der Waals surface area contributed by atoms with Crippen LogP contribution in [0.1, 0.15) is 41.0 Å². The summed E-state index contributed by atoms with van der Waals surface area (Å²) < 4.78 is 40.1. The molecule has 0 amide bonds. The summed E-state index contributed by atoms with van der Waals surface area (Å²) in [4.78, 5) is 25.1. The van der Waals surface area contributed by atoms with Crippen molar-refractivity contribution >= 4 is 19.5 Å². The largest absolute Gasteiger partial charge is 0.452 e. The Morgan fingerprint density at radius 2 is 1.42 bits per heavy atom. The summed E-state index contributed by atoms with van der Waals surface area (Å²) in [6, 6.07) is 16.9. The highest BCUT2D eigenvalue weighted by molar-refractivity contribution is 7.57. The first kappa shape index (κ1) is 24.9. The normalized spacial score (nSPS) is 20.6. The highest BCUT2D eigenvalue weighted by atomic mass is 31.2. The van der Waals surface area contributed by atoms with Crippen molar-refractivity contribution in [2.45, 2.75) is 38.8 Å². The first-order valence-corrected chi connectivity index (χ1v) is 12.3. The van der Waals surface area contributed by atoms with E-state index in [-0.39, 0.29) is 19.6 Å². The van der Waals surface area contributed by atoms with Gasteiger partial charge in [-0.2, -0.15) is 0 Å². The molecule has 9 heteroatoms. The summed E-state index contributed by atoms with van der Waals surface area (Å²) in [5, 5.41) is 0. The minimum Gasteiger partial charge on any atom is -0.452 e. The van der Waals surface area contributed by atoms with Crippen molar-refractivity contribution in [1.29, 1.82) is 0 Å². The molecule has 2 unspecified atom stereocenters. The van der Waals surface area contributed by atoms with Crippen molar-refractivity contribution in [3.8, 4) is 0 Å². The highest BCUT2D eigenvalue weighted by Crippen LogP contribution is 2.50. The second-order valence-corrected chi connectivity index (χ2v) is 8.97. The van der Waals surface area contributed by atoms with E-state index < -0.39 is 38.0 Å². The van der Waals surface area contributed by atoms with E-state index in [9.17, 15) is 14.2 Å². The number of hydrogen-bond donors (Lipinski definition) is 0. The fraction of sp³-hybridized carbons (Fsp3) is 0.333. The molecule has 0 N–H and O–H groups in total. The number of hydrogen-bond acceptors (Lipinski definition) is 8. The number of ether oxygens (including phenoxy) is 3. The molecule has 2 aromatic rings. The van der Waals surface area contributed by atoms with Gasteiger partial charge >= 0.3 is 19.5 Å². The van der Waals surface area contributed by atoms with E-state index in [4.69, 9.17) is 23.3 Å². The summed E-state index contributed by atoms with van der Waals surface area (Å²) in [6.07, 6.45) is -0.926. The maximum atomic E-state index is 12.7. The van der Waals surface area contributed by atoms with Crippen LogP contribution in [0.25, 0.3) is 0 Å². The van der Waals surface area contributed by atoms with Gasteiger partial charge < -0.3 is 23.3 Å². The Morgan fingerprint density at radius 3 is 1.94 bits per heavy atom. The Kier molecular flexibility index (Phi) is 8.97. The molecule has 0 saturated carbocycles. The zero-order valence-corrected chi connectivity index (χ0v) is 19.4. The first-order valence-electron chi connectivity index (χ1n) is 10.7. The van der Waals surface area contributed by atoms with Crippen molar-refractivity contribution in [2.24, 2.45) is 0 Å². The Labute approximate surface area is 193 Å². The predicted molar refractivity (Wildman–Crippen MR) is 121 cm³/mol. The van der Waals surface area contributed by atoms with E-state index in [0.717, 1.165) is 0 Å². The Hall–Kier alpha value is -2.77. The standard InChI is InChI=1S/C24H27O8P/c1-3-28-33(27,29-4-2)16-15-20-17-21(31-22(25)18-11-7-5-8-12-18)24(30-20)32-23(26)19-13-9-6-10-14-19/h5-16,20-21,24H,3-4,17H2,1-2H3/t20-,21?,24?/m1/s1. The molecule has 0 aliphatic carbocycles. The molecule has 3 atom stereocenters. The van der Waals surface area contributed by atoms with Crippen molar-refractivity contribution in [3.05, 3.63) is 83.7 Å². The molecular weight excluding hydrogens is 447 g/mol. The van der Waals surface area contributed by atoms with E-state index in [0.29, 0.717) is 11.1 Å². The Morgan fingerprint density at radius 1 is 0.909 bits per heavy atom. The average Bonchev–Trinajstić information content (AvgIpc) is 3.20. The maximum absolute atomic E-state index is 12.7. The molecule has 2 aromatic carbocycles. The molecule has 8 nitrogen and oxygen atoms in total. The number of carbonyl (C=O) groups excluding carboxylic acids is 2. The van der Waals surface area contributed by atoms with Crippen LogP contribution in [0.2, 0.25) is 0 Å². The van der Waals surface area contributed by atoms with Gasteiger partial charge in [0.05, 0.1) is 30.4 Å². The Balaban J connectivity index is 1.75. The molecule has 3 rings (SSSR count). The third kappa shape index (κ3) is 7.11. The van der Waals surface area contributed by atoms with E-state index in [2.05, 4.69) is 0 Å². The quantitative estimate of drug-likeness (QED) is 0.352. The average molecular weight is 474 g/mol. The van der Waals surface area contributed by atoms with Gasteiger partial charge in [-0.05, 0) is 44.2 Å². The van der Waals surface area contributed by atoms with Gasteiger partial charge in [0, 0.05) is 12.2 Å². The summed E-state index contributed by atoms with van der Waals surface area (Å²) in [6.45, 7) is 3.84. The molecule has 1 fully saturated rings. The SMILES string of the molecule is CCOP(=O)(C=C[C@@H]1CC(OC(=O)c2ccccc2)C(OC(=O)c2ccccc2)O1)OCC. The van der Waals surface area contributed by atoms with Crippen molar-refractivity contribution in [2.75, 3.05) is 13.2 Å². The molecule has 1 aliphatic rings. The lowest BCUT2D eigenvalue weighted by atomic mass is 10.2. The fourth-order valence-corrected chi connectivity index (χ4v) is 4.57. The molecule has 33 heavy (non-hydrogen) atoms. The molecule has 176 valence electrons. The van der Waals surface area contributed by atoms with E-state index in [1.807, 2.05) is 0 Å². The summed E-state index contributed by atoms with van der Waals surface area (Å²) >= 11 is 0. The zero-order chi connectivity index (χ0) is 23.7. The van der Waals surface area contributed by atoms with Crippen LogP contribution in [-0.4, -0.2) is 43.7 Å². The van der Waals surface area contributed by atoms with E-state index in [1.54, 1.807) is 74.5 Å². The van der Waals surface area contributed by atoms with Gasteiger partial charge in [-0.1, -0.05) is 36.4 Å². The number of benzene rings is 2. The van der Waals surface area contributed by atoms with Crippen molar-refractivity contribution in [1.82, 2.24) is 0 Å². The van der Waals surface area contributed by atoms with Gasteiger partial charge in [-0.15, -0.1) is 0 Å². The van der Waals surface area contributed by atoms with E-state index >= 15 is 0 Å². The number of esters is 2. The molecule has 0 radical (unpaired) electrons. The minimum absolute atomic E-state index is 0.195. The van der Waals surface area contributed by atoms with Crippen LogP contribution < -0.4 is 0 Å². The van der Waals surface area contributed by atoms with Gasteiger partial charge in [-0.3, -0.25) is 4.57 Å². The molecule has 1 heterocycles. The summed E-state index contributed by atoms with van der Waals surface area (Å²) in [5.41, 5.74) is 0.701.